The highest BCUT2D eigenvalue weighted by atomic mass is 16.6. The molecule has 0 fully saturated rings. The molecule has 3 N–H and O–H groups in total. The van der Waals surface area contributed by atoms with Gasteiger partial charge in [-0.3, -0.25) is 25.6 Å². The zero-order valence-electron chi connectivity index (χ0n) is 8.78. The van der Waals surface area contributed by atoms with E-state index in [0.29, 0.717) is 12.2 Å². The smallest absolute Gasteiger partial charge is 0.307 e. The van der Waals surface area contributed by atoms with Crippen molar-refractivity contribution < 1.29 is 4.92 Å². The van der Waals surface area contributed by atoms with E-state index in [2.05, 4.69) is 15.5 Å². The van der Waals surface area contributed by atoms with E-state index in [0.717, 1.165) is 5.69 Å². The molecule has 2 rings (SSSR count). The van der Waals surface area contributed by atoms with Crippen molar-refractivity contribution in [1.29, 1.82) is 0 Å². The van der Waals surface area contributed by atoms with Crippen LogP contribution in [-0.4, -0.2) is 19.7 Å². The summed E-state index contributed by atoms with van der Waals surface area (Å²) in [6.07, 6.45) is 4.15. The summed E-state index contributed by atoms with van der Waals surface area (Å²) in [6, 6.07) is 3.46. The first-order chi connectivity index (χ1) is 8.19. The van der Waals surface area contributed by atoms with Gasteiger partial charge in [0.1, 0.15) is 12.4 Å². The van der Waals surface area contributed by atoms with Gasteiger partial charge in [0.2, 0.25) is 0 Å². The van der Waals surface area contributed by atoms with Gasteiger partial charge in [0, 0.05) is 6.20 Å². The number of nitro groups is 1. The fraction of sp³-hybridized carbons (Fsp3) is 0.111. The quantitative estimate of drug-likeness (QED) is 0.453. The van der Waals surface area contributed by atoms with Crippen molar-refractivity contribution >= 4 is 11.4 Å². The second-order valence-corrected chi connectivity index (χ2v) is 3.33. The third-order valence-electron chi connectivity index (χ3n) is 2.14. The minimum absolute atomic E-state index is 0.0434. The number of anilines is 1. The van der Waals surface area contributed by atoms with E-state index in [1.54, 1.807) is 18.3 Å². The van der Waals surface area contributed by atoms with Crippen LogP contribution in [0.15, 0.2) is 30.7 Å². The third kappa shape index (κ3) is 2.55. The molecule has 0 bridgehead atoms. The van der Waals surface area contributed by atoms with E-state index in [-0.39, 0.29) is 5.69 Å². The molecule has 0 radical (unpaired) electrons. The molecule has 0 spiro atoms. The number of hydrogen-bond donors (Lipinski definition) is 2. The zero-order chi connectivity index (χ0) is 12.3. The summed E-state index contributed by atoms with van der Waals surface area (Å²) in [5.74, 6) is 5.27. The van der Waals surface area contributed by atoms with E-state index in [4.69, 9.17) is 5.84 Å². The fourth-order valence-corrected chi connectivity index (χ4v) is 1.35. The van der Waals surface area contributed by atoms with E-state index in [9.17, 15) is 10.1 Å². The summed E-state index contributed by atoms with van der Waals surface area (Å²) < 4.78 is 1.45. The summed E-state index contributed by atoms with van der Waals surface area (Å²) >= 11 is 0. The summed E-state index contributed by atoms with van der Waals surface area (Å²) in [5, 5.41) is 14.3. The van der Waals surface area contributed by atoms with Gasteiger partial charge in [-0.2, -0.15) is 5.10 Å². The maximum Gasteiger partial charge on any atom is 0.307 e. The van der Waals surface area contributed by atoms with Crippen LogP contribution < -0.4 is 11.3 Å². The Bertz CT molecular complexity index is 538. The second kappa shape index (κ2) is 4.58. The second-order valence-electron chi connectivity index (χ2n) is 3.33. The maximum absolute atomic E-state index is 10.5. The Morgan fingerprint density at radius 2 is 2.41 bits per heavy atom. The van der Waals surface area contributed by atoms with Crippen LogP contribution in [0, 0.1) is 10.1 Å². The predicted octanol–water partition coefficient (Wildman–Crippen LogP) is 0.520. The lowest BCUT2D eigenvalue weighted by atomic mass is 10.3. The number of hydrazine groups is 1. The highest BCUT2D eigenvalue weighted by Crippen LogP contribution is 2.11. The minimum Gasteiger partial charge on any atom is -0.324 e. The van der Waals surface area contributed by atoms with Crippen molar-refractivity contribution in [3.05, 3.63) is 46.5 Å². The van der Waals surface area contributed by atoms with Crippen LogP contribution >= 0.6 is 0 Å². The maximum atomic E-state index is 10.5. The van der Waals surface area contributed by atoms with Crippen LogP contribution in [0.3, 0.4) is 0 Å². The first kappa shape index (κ1) is 11.0. The van der Waals surface area contributed by atoms with E-state index < -0.39 is 4.92 Å². The van der Waals surface area contributed by atoms with E-state index in [1.165, 1.54) is 17.1 Å². The van der Waals surface area contributed by atoms with Crippen LogP contribution in [0.1, 0.15) is 5.69 Å². The molecule has 0 amide bonds. The Kier molecular flexibility index (Phi) is 2.97. The number of aromatic nitrogens is 3. The van der Waals surface area contributed by atoms with Crippen molar-refractivity contribution in [3.8, 4) is 0 Å². The Balaban J connectivity index is 2.16. The fourth-order valence-electron chi connectivity index (χ4n) is 1.35. The number of pyridine rings is 1. The van der Waals surface area contributed by atoms with Crippen LogP contribution in [0.25, 0.3) is 0 Å². The molecule has 0 aliphatic carbocycles. The lowest BCUT2D eigenvalue weighted by molar-refractivity contribution is -0.385. The van der Waals surface area contributed by atoms with Crippen LogP contribution in [0.4, 0.5) is 11.4 Å². The Labute approximate surface area is 96.2 Å². The average Bonchev–Trinajstić information content (AvgIpc) is 2.78. The van der Waals surface area contributed by atoms with Crippen molar-refractivity contribution in [2.45, 2.75) is 6.54 Å². The Morgan fingerprint density at radius 1 is 1.59 bits per heavy atom. The van der Waals surface area contributed by atoms with Gasteiger partial charge in [-0.15, -0.1) is 0 Å². The molecule has 2 aromatic heterocycles. The molecule has 0 aliphatic rings. The molecule has 17 heavy (non-hydrogen) atoms. The SMILES string of the molecule is NNc1ccnc(Cn2cc([N+](=O)[O-])cn2)c1. The molecular formula is C9H10N6O2. The van der Waals surface area contributed by atoms with Gasteiger partial charge in [0.05, 0.1) is 22.8 Å². The highest BCUT2D eigenvalue weighted by Gasteiger charge is 2.09. The van der Waals surface area contributed by atoms with E-state index >= 15 is 0 Å². The Hall–Kier alpha value is -2.48. The normalized spacial score (nSPS) is 10.2. The molecule has 0 aliphatic heterocycles. The molecule has 88 valence electrons. The predicted molar refractivity (Wildman–Crippen MR) is 60.0 cm³/mol. The number of nitrogens with two attached hydrogens (primary N) is 1. The molecular weight excluding hydrogens is 224 g/mol. The van der Waals surface area contributed by atoms with Gasteiger partial charge >= 0.3 is 5.69 Å². The van der Waals surface area contributed by atoms with Crippen molar-refractivity contribution in [2.75, 3.05) is 5.43 Å². The van der Waals surface area contributed by atoms with Crippen molar-refractivity contribution in [1.82, 2.24) is 14.8 Å². The van der Waals surface area contributed by atoms with Gasteiger partial charge in [-0.05, 0) is 12.1 Å². The minimum atomic E-state index is -0.491. The number of nitrogen functional groups attached to an aromatic ring is 1. The zero-order valence-corrected chi connectivity index (χ0v) is 8.78. The molecule has 8 heteroatoms. The average molecular weight is 234 g/mol. The number of rotatable bonds is 4. The van der Waals surface area contributed by atoms with Gasteiger partial charge in [0.15, 0.2) is 0 Å². The summed E-state index contributed by atoms with van der Waals surface area (Å²) in [5.41, 5.74) is 3.88. The standard InChI is InChI=1S/C9H10N6O2/c10-13-7-1-2-11-8(3-7)5-14-6-9(4-12-14)15(16)17/h1-4,6H,5,10H2,(H,11,13). The monoisotopic (exact) mass is 234 g/mol. The Morgan fingerprint density at radius 3 is 3.06 bits per heavy atom. The molecule has 0 saturated carbocycles. The summed E-state index contributed by atoms with van der Waals surface area (Å²) in [6.45, 7) is 0.351. The first-order valence-corrected chi connectivity index (χ1v) is 4.77. The first-order valence-electron chi connectivity index (χ1n) is 4.77. The number of nitrogens with one attached hydrogen (secondary N) is 1. The van der Waals surface area contributed by atoms with Crippen LogP contribution in [-0.2, 0) is 6.54 Å². The summed E-state index contributed by atoms with van der Waals surface area (Å²) in [7, 11) is 0. The number of hydrogen-bond acceptors (Lipinski definition) is 6. The van der Waals surface area contributed by atoms with Crippen molar-refractivity contribution in [2.24, 2.45) is 5.84 Å². The number of nitrogens with zero attached hydrogens (tertiary/aromatic N) is 4. The van der Waals surface area contributed by atoms with E-state index in [1.807, 2.05) is 0 Å². The van der Waals surface area contributed by atoms with Crippen LogP contribution in [0.5, 0.6) is 0 Å². The van der Waals surface area contributed by atoms with Gasteiger partial charge in [0.25, 0.3) is 0 Å². The van der Waals surface area contributed by atoms with Gasteiger partial charge < -0.3 is 5.43 Å². The molecule has 0 aromatic carbocycles. The van der Waals surface area contributed by atoms with Crippen molar-refractivity contribution in [3.63, 3.8) is 0 Å². The summed E-state index contributed by atoms with van der Waals surface area (Å²) in [4.78, 5) is 14.1. The van der Waals surface area contributed by atoms with Gasteiger partial charge in [-0.25, -0.2) is 0 Å². The van der Waals surface area contributed by atoms with Crippen LogP contribution in [0.2, 0.25) is 0 Å². The van der Waals surface area contributed by atoms with Gasteiger partial charge in [-0.1, -0.05) is 0 Å². The molecule has 0 unspecified atom stereocenters. The molecule has 0 atom stereocenters. The molecule has 2 aromatic rings. The molecule has 2 heterocycles. The molecule has 8 nitrogen and oxygen atoms in total. The molecule has 0 saturated heterocycles. The topological polar surface area (TPSA) is 112 Å². The highest BCUT2D eigenvalue weighted by molar-refractivity contribution is 5.41. The third-order valence-corrected chi connectivity index (χ3v) is 2.14. The lowest BCUT2D eigenvalue weighted by Gasteiger charge is -2.03. The lowest BCUT2D eigenvalue weighted by Crippen LogP contribution is -2.08. The largest absolute Gasteiger partial charge is 0.324 e.